The molecule has 63 valence electrons. The van der Waals surface area contributed by atoms with Crippen molar-refractivity contribution >= 4 is 0 Å². The van der Waals surface area contributed by atoms with Gasteiger partial charge in [0.05, 0.1) is 0 Å². The second-order valence-corrected chi connectivity index (χ2v) is 3.57. The summed E-state index contributed by atoms with van der Waals surface area (Å²) in [6.07, 6.45) is 11.2. The fraction of sp³-hybridized carbons (Fsp3) is 0.727. The van der Waals surface area contributed by atoms with Crippen LogP contribution >= 0.6 is 0 Å². The average molecular weight is 151 g/mol. The summed E-state index contributed by atoms with van der Waals surface area (Å²) < 4.78 is 0. The van der Waals surface area contributed by atoms with Crippen LogP contribution in [0.1, 0.15) is 39.0 Å². The molecule has 0 heterocycles. The molecule has 0 fully saturated rings. The van der Waals surface area contributed by atoms with Crippen LogP contribution in [0, 0.1) is 18.8 Å². The van der Waals surface area contributed by atoms with Gasteiger partial charge in [-0.2, -0.15) is 0 Å². The Morgan fingerprint density at radius 1 is 1.55 bits per heavy atom. The molecule has 0 nitrogen and oxygen atoms in total. The lowest BCUT2D eigenvalue weighted by Crippen LogP contribution is -2.09. The molecule has 1 aliphatic rings. The molecular weight excluding hydrogens is 132 g/mol. The van der Waals surface area contributed by atoms with Crippen molar-refractivity contribution in [3.05, 3.63) is 19.1 Å². The Hall–Kier alpha value is -0.260. The van der Waals surface area contributed by atoms with Gasteiger partial charge in [0.1, 0.15) is 0 Å². The molecule has 11 heavy (non-hydrogen) atoms. The molecule has 0 aromatic heterocycles. The van der Waals surface area contributed by atoms with Gasteiger partial charge < -0.3 is 0 Å². The van der Waals surface area contributed by atoms with Gasteiger partial charge in [-0.05, 0) is 44.4 Å². The summed E-state index contributed by atoms with van der Waals surface area (Å²) in [5.41, 5.74) is 0. The van der Waals surface area contributed by atoms with E-state index in [0.29, 0.717) is 5.92 Å². The molecule has 0 N–H and O–H groups in total. The van der Waals surface area contributed by atoms with E-state index in [2.05, 4.69) is 26.0 Å². The minimum atomic E-state index is 0.678. The van der Waals surface area contributed by atoms with Crippen LogP contribution < -0.4 is 0 Å². The third kappa shape index (κ3) is 2.69. The molecule has 0 aromatic rings. The minimum Gasteiger partial charge on any atom is -0.0885 e. The lowest BCUT2D eigenvalue weighted by Gasteiger charge is -2.19. The number of rotatable bonds is 2. The molecule has 2 atom stereocenters. The zero-order valence-corrected chi connectivity index (χ0v) is 7.55. The molecular formula is C11H19. The predicted molar refractivity (Wildman–Crippen MR) is 50.2 cm³/mol. The van der Waals surface area contributed by atoms with E-state index in [-0.39, 0.29) is 0 Å². The zero-order chi connectivity index (χ0) is 8.10. The highest BCUT2D eigenvalue weighted by atomic mass is 14.2. The summed E-state index contributed by atoms with van der Waals surface area (Å²) in [7, 11) is 0. The van der Waals surface area contributed by atoms with Crippen molar-refractivity contribution < 1.29 is 0 Å². The maximum atomic E-state index is 4.19. The summed E-state index contributed by atoms with van der Waals surface area (Å²) in [6.45, 7) is 6.43. The topological polar surface area (TPSA) is 0 Å². The highest BCUT2D eigenvalue weighted by molar-refractivity contribution is 4.89. The smallest absolute Gasteiger partial charge is 0.0320 e. The second-order valence-electron chi connectivity index (χ2n) is 3.57. The van der Waals surface area contributed by atoms with Gasteiger partial charge in [0, 0.05) is 0 Å². The first kappa shape index (κ1) is 8.83. The maximum Gasteiger partial charge on any atom is -0.0320 e. The Kier molecular flexibility index (Phi) is 3.68. The van der Waals surface area contributed by atoms with Crippen LogP contribution in [0.15, 0.2) is 12.2 Å². The Labute approximate surface area is 70.7 Å². The lowest BCUT2D eigenvalue weighted by atomic mass is 9.86. The van der Waals surface area contributed by atoms with Gasteiger partial charge in [0.15, 0.2) is 0 Å². The van der Waals surface area contributed by atoms with Crippen LogP contribution in [-0.4, -0.2) is 0 Å². The molecule has 0 aliphatic heterocycles. The average Bonchev–Trinajstić information content (AvgIpc) is 2.30. The van der Waals surface area contributed by atoms with Crippen molar-refractivity contribution in [2.45, 2.75) is 39.0 Å². The number of hydrogen-bond donors (Lipinski definition) is 0. The monoisotopic (exact) mass is 151 g/mol. The van der Waals surface area contributed by atoms with Crippen molar-refractivity contribution in [3.8, 4) is 0 Å². The van der Waals surface area contributed by atoms with E-state index >= 15 is 0 Å². The van der Waals surface area contributed by atoms with E-state index in [0.717, 1.165) is 5.92 Å². The Balaban J connectivity index is 2.37. The third-order valence-corrected chi connectivity index (χ3v) is 2.74. The third-order valence-electron chi connectivity index (χ3n) is 2.74. The highest BCUT2D eigenvalue weighted by Crippen LogP contribution is 2.26. The van der Waals surface area contributed by atoms with E-state index in [1.165, 1.54) is 32.1 Å². The molecule has 1 radical (unpaired) electrons. The van der Waals surface area contributed by atoms with Gasteiger partial charge in [0.25, 0.3) is 0 Å². The summed E-state index contributed by atoms with van der Waals surface area (Å²) >= 11 is 0. The van der Waals surface area contributed by atoms with Crippen molar-refractivity contribution in [2.24, 2.45) is 11.8 Å². The fourth-order valence-electron chi connectivity index (χ4n) is 1.77. The van der Waals surface area contributed by atoms with Crippen LogP contribution in [-0.2, 0) is 0 Å². The lowest BCUT2D eigenvalue weighted by molar-refractivity contribution is 0.359. The number of allylic oxidation sites excluding steroid dienone is 2. The van der Waals surface area contributed by atoms with Gasteiger partial charge >= 0.3 is 0 Å². The molecule has 1 rings (SSSR count). The summed E-state index contributed by atoms with van der Waals surface area (Å²) in [5, 5.41) is 0. The normalized spacial score (nSPS) is 28.0. The number of hydrogen-bond acceptors (Lipinski definition) is 0. The molecule has 0 saturated heterocycles. The van der Waals surface area contributed by atoms with Gasteiger partial charge in [-0.15, -0.1) is 0 Å². The first-order valence-electron chi connectivity index (χ1n) is 4.82. The summed E-state index contributed by atoms with van der Waals surface area (Å²) in [6, 6.07) is 0. The quantitative estimate of drug-likeness (QED) is 0.529. The molecule has 0 amide bonds. The van der Waals surface area contributed by atoms with Crippen molar-refractivity contribution in [1.82, 2.24) is 0 Å². The summed E-state index contributed by atoms with van der Waals surface area (Å²) in [4.78, 5) is 0. The van der Waals surface area contributed by atoms with E-state index in [4.69, 9.17) is 0 Å². The fourth-order valence-corrected chi connectivity index (χ4v) is 1.77. The predicted octanol–water partition coefficient (Wildman–Crippen LogP) is 3.59. The SMILES string of the molecule is [CH2]C(CC)C1CC=CCCC1. The van der Waals surface area contributed by atoms with Gasteiger partial charge in [-0.25, -0.2) is 0 Å². The van der Waals surface area contributed by atoms with E-state index in [9.17, 15) is 0 Å². The largest absolute Gasteiger partial charge is 0.0885 e. The zero-order valence-electron chi connectivity index (χ0n) is 7.55. The van der Waals surface area contributed by atoms with E-state index in [1.807, 2.05) is 0 Å². The Morgan fingerprint density at radius 3 is 3.09 bits per heavy atom. The van der Waals surface area contributed by atoms with Crippen LogP contribution in [0.5, 0.6) is 0 Å². The first-order valence-corrected chi connectivity index (χ1v) is 4.82. The van der Waals surface area contributed by atoms with Gasteiger partial charge in [-0.3, -0.25) is 0 Å². The van der Waals surface area contributed by atoms with Gasteiger partial charge in [-0.1, -0.05) is 25.5 Å². The van der Waals surface area contributed by atoms with Crippen LogP contribution in [0.4, 0.5) is 0 Å². The second kappa shape index (κ2) is 4.58. The van der Waals surface area contributed by atoms with E-state index < -0.39 is 0 Å². The summed E-state index contributed by atoms with van der Waals surface area (Å²) in [5.74, 6) is 1.54. The van der Waals surface area contributed by atoms with E-state index in [1.54, 1.807) is 0 Å². The highest BCUT2D eigenvalue weighted by Gasteiger charge is 2.14. The molecule has 0 spiro atoms. The molecule has 0 heteroatoms. The molecule has 2 unspecified atom stereocenters. The van der Waals surface area contributed by atoms with Gasteiger partial charge in [0.2, 0.25) is 0 Å². The van der Waals surface area contributed by atoms with Crippen molar-refractivity contribution in [1.29, 1.82) is 0 Å². The Bertz CT molecular complexity index is 124. The first-order chi connectivity index (χ1) is 5.34. The van der Waals surface area contributed by atoms with Crippen LogP contribution in [0.3, 0.4) is 0 Å². The standard InChI is InChI=1S/C11H19/c1-3-10(2)11-8-6-4-5-7-9-11/h4,6,10-11H,2-3,5,7-9H2,1H3. The molecule has 1 aliphatic carbocycles. The van der Waals surface area contributed by atoms with Crippen LogP contribution in [0.2, 0.25) is 0 Å². The van der Waals surface area contributed by atoms with Crippen molar-refractivity contribution in [3.63, 3.8) is 0 Å². The molecule has 0 bridgehead atoms. The molecule has 0 aromatic carbocycles. The Morgan fingerprint density at radius 2 is 2.36 bits per heavy atom. The minimum absolute atomic E-state index is 0.678. The van der Waals surface area contributed by atoms with Crippen molar-refractivity contribution in [2.75, 3.05) is 0 Å². The molecule has 0 saturated carbocycles. The maximum absolute atomic E-state index is 4.19. The van der Waals surface area contributed by atoms with Crippen LogP contribution in [0.25, 0.3) is 0 Å².